The van der Waals surface area contributed by atoms with E-state index in [1.165, 1.54) is 11.8 Å². The summed E-state index contributed by atoms with van der Waals surface area (Å²) in [6, 6.07) is 21.1. The van der Waals surface area contributed by atoms with Gasteiger partial charge in [-0.3, -0.25) is 14.2 Å². The predicted molar refractivity (Wildman–Crippen MR) is 143 cm³/mol. The van der Waals surface area contributed by atoms with E-state index in [0.29, 0.717) is 44.4 Å². The van der Waals surface area contributed by atoms with Gasteiger partial charge in [-0.25, -0.2) is 0 Å². The minimum atomic E-state index is -0.285. The number of carbonyl (C=O) groups excluding carboxylic acids is 2. The molecule has 0 aliphatic rings. The fraction of sp³-hybridized carbons (Fsp3) is 0.154. The molecule has 2 N–H and O–H groups in total. The minimum Gasteiger partial charge on any atom is -0.497 e. The summed E-state index contributed by atoms with van der Waals surface area (Å²) in [5.41, 5.74) is 1.82. The number of halogens is 1. The second kappa shape index (κ2) is 12.3. The van der Waals surface area contributed by atoms with E-state index in [1.807, 2.05) is 6.07 Å². The molecule has 37 heavy (non-hydrogen) atoms. The standard InChI is InChI=1S/C26H24ClN5O4S/c1-35-21-11-9-19(10-12-21)29-24(33)16-37-26-31-30-23(32(26)20-7-4-6-18(27)14-20)15-28-25(34)17-5-3-8-22(13-17)36-2/h3-14H,15-16H2,1-2H3,(H,28,34)(H,29,33). The van der Waals surface area contributed by atoms with Crippen LogP contribution in [0.2, 0.25) is 5.02 Å². The quantitative estimate of drug-likeness (QED) is 0.285. The van der Waals surface area contributed by atoms with Crippen LogP contribution < -0.4 is 20.1 Å². The van der Waals surface area contributed by atoms with E-state index in [4.69, 9.17) is 21.1 Å². The third-order valence-corrected chi connectivity index (χ3v) is 6.38. The molecule has 0 aliphatic carbocycles. The van der Waals surface area contributed by atoms with Gasteiger partial charge in [0.25, 0.3) is 5.91 Å². The maximum atomic E-state index is 12.7. The summed E-state index contributed by atoms with van der Waals surface area (Å²) < 4.78 is 12.1. The van der Waals surface area contributed by atoms with Crippen LogP contribution >= 0.6 is 23.4 Å². The number of nitrogens with one attached hydrogen (secondary N) is 2. The van der Waals surface area contributed by atoms with Gasteiger partial charge in [0.05, 0.1) is 32.2 Å². The van der Waals surface area contributed by atoms with Crippen molar-refractivity contribution in [1.82, 2.24) is 20.1 Å². The summed E-state index contributed by atoms with van der Waals surface area (Å²) in [5.74, 6) is 1.38. The number of methoxy groups -OCH3 is 2. The first-order valence-corrected chi connectivity index (χ1v) is 12.5. The van der Waals surface area contributed by atoms with Crippen LogP contribution in [-0.4, -0.2) is 46.6 Å². The molecule has 0 radical (unpaired) electrons. The highest BCUT2D eigenvalue weighted by Gasteiger charge is 2.18. The monoisotopic (exact) mass is 537 g/mol. The average molecular weight is 538 g/mol. The van der Waals surface area contributed by atoms with E-state index in [0.717, 1.165) is 0 Å². The number of rotatable bonds is 10. The van der Waals surface area contributed by atoms with Gasteiger partial charge in [0.2, 0.25) is 5.91 Å². The van der Waals surface area contributed by atoms with Crippen molar-refractivity contribution in [2.24, 2.45) is 0 Å². The molecular formula is C26H24ClN5O4S. The lowest BCUT2D eigenvalue weighted by Crippen LogP contribution is -2.24. The van der Waals surface area contributed by atoms with Crippen LogP contribution in [0.3, 0.4) is 0 Å². The highest BCUT2D eigenvalue weighted by molar-refractivity contribution is 7.99. The molecule has 2 amide bonds. The molecular weight excluding hydrogens is 514 g/mol. The maximum Gasteiger partial charge on any atom is 0.251 e. The second-order valence-electron chi connectivity index (χ2n) is 7.69. The third-order valence-electron chi connectivity index (χ3n) is 5.21. The topological polar surface area (TPSA) is 107 Å². The maximum absolute atomic E-state index is 12.7. The Hall–Kier alpha value is -4.02. The van der Waals surface area contributed by atoms with E-state index < -0.39 is 0 Å². The minimum absolute atomic E-state index is 0.0981. The Balaban J connectivity index is 1.49. The van der Waals surface area contributed by atoms with Gasteiger partial charge in [0, 0.05) is 16.3 Å². The van der Waals surface area contributed by atoms with Gasteiger partial charge in [-0.2, -0.15) is 0 Å². The number of hydrogen-bond donors (Lipinski definition) is 2. The number of thioether (sulfide) groups is 1. The molecule has 190 valence electrons. The first kappa shape index (κ1) is 26.1. The fourth-order valence-corrected chi connectivity index (χ4v) is 4.37. The van der Waals surface area contributed by atoms with Crippen molar-refractivity contribution in [3.8, 4) is 17.2 Å². The van der Waals surface area contributed by atoms with Crippen molar-refractivity contribution in [2.45, 2.75) is 11.7 Å². The molecule has 0 atom stereocenters. The molecule has 0 unspecified atom stereocenters. The Labute approximate surface area is 223 Å². The molecule has 1 aromatic heterocycles. The number of anilines is 1. The summed E-state index contributed by atoms with van der Waals surface area (Å²) in [5, 5.41) is 15.3. The Morgan fingerprint density at radius 3 is 2.43 bits per heavy atom. The van der Waals surface area contributed by atoms with Crippen molar-refractivity contribution < 1.29 is 19.1 Å². The van der Waals surface area contributed by atoms with E-state index in [1.54, 1.807) is 85.5 Å². The van der Waals surface area contributed by atoms with Gasteiger partial charge < -0.3 is 20.1 Å². The van der Waals surface area contributed by atoms with Crippen molar-refractivity contribution in [3.05, 3.63) is 89.2 Å². The van der Waals surface area contributed by atoms with Gasteiger partial charge in [-0.1, -0.05) is 35.5 Å². The number of ether oxygens (including phenoxy) is 2. The molecule has 0 spiro atoms. The van der Waals surface area contributed by atoms with Crippen LogP contribution in [0.1, 0.15) is 16.2 Å². The number of carbonyl (C=O) groups is 2. The zero-order valence-corrected chi connectivity index (χ0v) is 21.7. The van der Waals surface area contributed by atoms with Crippen molar-refractivity contribution in [3.63, 3.8) is 0 Å². The van der Waals surface area contributed by atoms with Crippen molar-refractivity contribution >= 4 is 40.9 Å². The molecule has 1 heterocycles. The highest BCUT2D eigenvalue weighted by Crippen LogP contribution is 2.25. The zero-order valence-electron chi connectivity index (χ0n) is 20.1. The summed E-state index contributed by atoms with van der Waals surface area (Å²) in [6.07, 6.45) is 0. The van der Waals surface area contributed by atoms with Crippen LogP contribution in [0.4, 0.5) is 5.69 Å². The Morgan fingerprint density at radius 1 is 0.946 bits per heavy atom. The summed E-state index contributed by atoms with van der Waals surface area (Å²) in [7, 11) is 3.12. The van der Waals surface area contributed by atoms with E-state index >= 15 is 0 Å². The highest BCUT2D eigenvalue weighted by atomic mass is 35.5. The average Bonchev–Trinajstić information content (AvgIpc) is 3.33. The first-order chi connectivity index (χ1) is 18.0. The number of benzene rings is 3. The predicted octanol–water partition coefficient (Wildman–Crippen LogP) is 4.60. The lowest BCUT2D eigenvalue weighted by Gasteiger charge is -2.12. The summed E-state index contributed by atoms with van der Waals surface area (Å²) in [4.78, 5) is 25.3. The lowest BCUT2D eigenvalue weighted by molar-refractivity contribution is -0.113. The first-order valence-electron chi connectivity index (χ1n) is 11.2. The van der Waals surface area contributed by atoms with Crippen LogP contribution in [0.5, 0.6) is 11.5 Å². The van der Waals surface area contributed by atoms with Crippen LogP contribution in [0.15, 0.2) is 78.0 Å². The van der Waals surface area contributed by atoms with Crippen LogP contribution in [-0.2, 0) is 11.3 Å². The molecule has 4 rings (SSSR count). The number of amides is 2. The smallest absolute Gasteiger partial charge is 0.251 e. The van der Waals surface area contributed by atoms with Gasteiger partial charge in [0.15, 0.2) is 11.0 Å². The summed E-state index contributed by atoms with van der Waals surface area (Å²) >= 11 is 7.45. The third kappa shape index (κ3) is 6.81. The normalized spacial score (nSPS) is 10.6. The van der Waals surface area contributed by atoms with Gasteiger partial charge in [-0.15, -0.1) is 10.2 Å². The van der Waals surface area contributed by atoms with E-state index in [2.05, 4.69) is 20.8 Å². The van der Waals surface area contributed by atoms with Crippen LogP contribution in [0.25, 0.3) is 5.69 Å². The van der Waals surface area contributed by atoms with E-state index in [9.17, 15) is 9.59 Å². The number of nitrogens with zero attached hydrogens (tertiary/aromatic N) is 3. The van der Waals surface area contributed by atoms with Crippen molar-refractivity contribution in [2.75, 3.05) is 25.3 Å². The Kier molecular flexibility index (Phi) is 8.65. The Morgan fingerprint density at radius 2 is 1.70 bits per heavy atom. The molecule has 11 heteroatoms. The van der Waals surface area contributed by atoms with Gasteiger partial charge in [-0.05, 0) is 60.7 Å². The summed E-state index contributed by atoms with van der Waals surface area (Å²) in [6.45, 7) is 0.105. The molecule has 0 saturated heterocycles. The fourth-order valence-electron chi connectivity index (χ4n) is 3.41. The Bertz CT molecular complexity index is 1390. The van der Waals surface area contributed by atoms with Gasteiger partial charge >= 0.3 is 0 Å². The van der Waals surface area contributed by atoms with Crippen molar-refractivity contribution in [1.29, 1.82) is 0 Å². The molecule has 0 saturated carbocycles. The number of hydrogen-bond acceptors (Lipinski definition) is 7. The molecule has 4 aromatic rings. The zero-order chi connectivity index (χ0) is 26.2. The molecule has 0 aliphatic heterocycles. The number of aromatic nitrogens is 3. The van der Waals surface area contributed by atoms with E-state index in [-0.39, 0.29) is 24.1 Å². The molecule has 3 aromatic carbocycles. The largest absolute Gasteiger partial charge is 0.497 e. The second-order valence-corrected chi connectivity index (χ2v) is 9.07. The van der Waals surface area contributed by atoms with Crippen LogP contribution in [0, 0.1) is 0 Å². The molecule has 9 nitrogen and oxygen atoms in total. The molecule has 0 fully saturated rings. The van der Waals surface area contributed by atoms with Gasteiger partial charge in [0.1, 0.15) is 11.5 Å². The lowest BCUT2D eigenvalue weighted by atomic mass is 10.2. The SMILES string of the molecule is COc1ccc(NC(=O)CSc2nnc(CNC(=O)c3cccc(OC)c3)n2-c2cccc(Cl)c2)cc1. The molecule has 0 bridgehead atoms.